The second-order valence-corrected chi connectivity index (χ2v) is 6.39. The second kappa shape index (κ2) is 6.91. The Bertz CT molecular complexity index is 1120. The van der Waals surface area contributed by atoms with Crippen molar-refractivity contribution in [2.24, 2.45) is 0 Å². The van der Waals surface area contributed by atoms with Gasteiger partial charge in [-0.1, -0.05) is 0 Å². The van der Waals surface area contributed by atoms with Crippen LogP contribution in [0.3, 0.4) is 0 Å². The maximum atomic E-state index is 13.1. The Labute approximate surface area is 162 Å². The molecule has 1 saturated carbocycles. The van der Waals surface area contributed by atoms with Crippen molar-refractivity contribution >= 4 is 0 Å². The number of aromatic nitrogens is 4. The fourth-order valence-electron chi connectivity index (χ4n) is 2.68. The van der Waals surface area contributed by atoms with Crippen molar-refractivity contribution < 1.29 is 17.9 Å². The predicted molar refractivity (Wildman–Crippen MR) is 92.5 cm³/mol. The van der Waals surface area contributed by atoms with E-state index in [0.29, 0.717) is 17.1 Å². The Morgan fingerprint density at radius 3 is 2.31 bits per heavy atom. The molecule has 1 aliphatic carbocycles. The van der Waals surface area contributed by atoms with E-state index in [1.165, 1.54) is 12.1 Å². The molecule has 0 radical (unpaired) electrons. The van der Waals surface area contributed by atoms with Crippen molar-refractivity contribution in [1.29, 1.82) is 10.5 Å². The highest BCUT2D eigenvalue weighted by Gasteiger charge is 2.36. The maximum absolute atomic E-state index is 13.1. The number of nitriles is 2. The number of aromatic amines is 1. The van der Waals surface area contributed by atoms with Crippen molar-refractivity contribution in [2.75, 3.05) is 0 Å². The monoisotopic (exact) mass is 396 g/mol. The average Bonchev–Trinajstić information content (AvgIpc) is 3.47. The smallest absolute Gasteiger partial charge is 0.424 e. The summed E-state index contributed by atoms with van der Waals surface area (Å²) in [5.74, 6) is 0.560. The fourth-order valence-corrected chi connectivity index (χ4v) is 2.68. The lowest BCUT2D eigenvalue weighted by atomic mass is 10.2. The fraction of sp³-hybridized carbons (Fsp3) is 0.211. The molecule has 2 aromatic heterocycles. The van der Waals surface area contributed by atoms with Crippen molar-refractivity contribution in [3.05, 3.63) is 53.1 Å². The van der Waals surface area contributed by atoms with Crippen molar-refractivity contribution in [2.45, 2.75) is 24.9 Å². The molecule has 0 saturated heterocycles. The van der Waals surface area contributed by atoms with Crippen LogP contribution in [0.25, 0.3) is 11.4 Å². The summed E-state index contributed by atoms with van der Waals surface area (Å²) in [6.07, 6.45) is -3.01. The molecule has 0 bridgehead atoms. The molecule has 0 spiro atoms. The zero-order chi connectivity index (χ0) is 20.6. The lowest BCUT2D eigenvalue weighted by molar-refractivity contribution is -0.141. The number of benzene rings is 1. The van der Waals surface area contributed by atoms with Gasteiger partial charge in [0, 0.05) is 11.5 Å². The highest BCUT2D eigenvalue weighted by atomic mass is 19.4. The van der Waals surface area contributed by atoms with Gasteiger partial charge in [0.05, 0.1) is 5.69 Å². The molecule has 7 nitrogen and oxygen atoms in total. The van der Waals surface area contributed by atoms with Crippen LogP contribution in [-0.2, 0) is 6.18 Å². The minimum Gasteiger partial charge on any atom is -0.424 e. The second-order valence-electron chi connectivity index (χ2n) is 6.39. The number of nitrogens with one attached hydrogen (secondary N) is 1. The minimum atomic E-state index is -4.59. The van der Waals surface area contributed by atoms with Gasteiger partial charge in [-0.25, -0.2) is 4.98 Å². The van der Waals surface area contributed by atoms with Crippen molar-refractivity contribution in [3.63, 3.8) is 0 Å². The SMILES string of the molecule is N#Cc1nc(-c2ccc(Oc3nc(C4CC4)cc(C(F)(F)F)n3)cc2)[nH]c1C#N. The Hall–Kier alpha value is -3.92. The van der Waals surface area contributed by atoms with Gasteiger partial charge in [-0.3, -0.25) is 0 Å². The molecule has 1 aromatic carbocycles. The zero-order valence-corrected chi connectivity index (χ0v) is 14.7. The van der Waals surface area contributed by atoms with Crippen molar-refractivity contribution in [3.8, 4) is 35.3 Å². The van der Waals surface area contributed by atoms with Crippen LogP contribution < -0.4 is 4.74 Å². The molecule has 4 rings (SSSR count). The molecule has 29 heavy (non-hydrogen) atoms. The van der Waals surface area contributed by atoms with Crippen molar-refractivity contribution in [1.82, 2.24) is 19.9 Å². The highest BCUT2D eigenvalue weighted by molar-refractivity contribution is 5.59. The van der Waals surface area contributed by atoms with Gasteiger partial charge in [-0.2, -0.15) is 33.7 Å². The van der Waals surface area contributed by atoms with Gasteiger partial charge in [0.15, 0.2) is 17.1 Å². The predicted octanol–water partition coefficient (Wildman–Crippen LogP) is 4.30. The van der Waals surface area contributed by atoms with E-state index in [2.05, 4.69) is 19.9 Å². The normalized spacial score (nSPS) is 13.6. The first-order chi connectivity index (χ1) is 13.9. The Morgan fingerprint density at radius 1 is 1.03 bits per heavy atom. The Balaban J connectivity index is 1.59. The molecule has 10 heteroatoms. The molecular formula is C19H11F3N6O. The summed E-state index contributed by atoms with van der Waals surface area (Å²) in [5.41, 5.74) is -0.119. The van der Waals surface area contributed by atoms with E-state index in [4.69, 9.17) is 15.3 Å². The number of H-pyrrole nitrogens is 1. The van der Waals surface area contributed by atoms with E-state index in [1.54, 1.807) is 12.1 Å². The van der Waals surface area contributed by atoms with E-state index >= 15 is 0 Å². The lowest BCUT2D eigenvalue weighted by Gasteiger charge is -2.11. The number of ether oxygens (including phenoxy) is 1. The molecule has 1 fully saturated rings. The summed E-state index contributed by atoms with van der Waals surface area (Å²) in [6, 6.07) is 10.5. The maximum Gasteiger partial charge on any atom is 0.433 e. The summed E-state index contributed by atoms with van der Waals surface area (Å²) in [7, 11) is 0. The van der Waals surface area contributed by atoms with Gasteiger partial charge in [-0.05, 0) is 43.2 Å². The first-order valence-electron chi connectivity index (χ1n) is 8.52. The third-order valence-corrected chi connectivity index (χ3v) is 4.27. The standard InChI is InChI=1S/C19H11F3N6O/c20-19(21,22)16-7-13(10-1-2-10)27-18(28-16)29-12-5-3-11(4-6-12)17-25-14(8-23)15(9-24)26-17/h3-7,10H,1-2H2,(H,25,26). The quantitative estimate of drug-likeness (QED) is 0.704. The number of hydrogen-bond donors (Lipinski definition) is 1. The molecule has 0 aliphatic heterocycles. The first-order valence-corrected chi connectivity index (χ1v) is 8.52. The number of hydrogen-bond acceptors (Lipinski definition) is 6. The molecule has 2 heterocycles. The van der Waals surface area contributed by atoms with E-state index in [1.807, 2.05) is 12.1 Å². The minimum absolute atomic E-state index is 0.00596. The number of halogens is 3. The van der Waals surface area contributed by atoms with Crippen LogP contribution >= 0.6 is 0 Å². The van der Waals surface area contributed by atoms with Crippen LogP contribution in [0.5, 0.6) is 11.8 Å². The average molecular weight is 396 g/mol. The highest BCUT2D eigenvalue weighted by Crippen LogP contribution is 2.41. The number of rotatable bonds is 4. The largest absolute Gasteiger partial charge is 0.433 e. The Morgan fingerprint density at radius 2 is 1.76 bits per heavy atom. The lowest BCUT2D eigenvalue weighted by Crippen LogP contribution is -2.11. The number of nitrogens with zero attached hydrogens (tertiary/aromatic N) is 5. The van der Waals surface area contributed by atoms with E-state index < -0.39 is 11.9 Å². The van der Waals surface area contributed by atoms with E-state index in [-0.39, 0.29) is 29.1 Å². The zero-order valence-electron chi connectivity index (χ0n) is 14.7. The molecular weight excluding hydrogens is 385 g/mol. The van der Waals surface area contributed by atoms with E-state index in [0.717, 1.165) is 18.9 Å². The summed E-state index contributed by atoms with van der Waals surface area (Å²) >= 11 is 0. The third kappa shape index (κ3) is 3.87. The van der Waals surface area contributed by atoms with Crippen LogP contribution in [0.4, 0.5) is 13.2 Å². The molecule has 0 amide bonds. The number of imidazole rings is 1. The summed E-state index contributed by atoms with van der Waals surface area (Å²) in [5, 5.41) is 17.9. The van der Waals surface area contributed by atoms with Gasteiger partial charge in [0.1, 0.15) is 23.7 Å². The summed E-state index contributed by atoms with van der Waals surface area (Å²) in [6.45, 7) is 0. The van der Waals surface area contributed by atoms with Gasteiger partial charge in [0.2, 0.25) is 0 Å². The molecule has 1 aliphatic rings. The first kappa shape index (κ1) is 18.4. The van der Waals surface area contributed by atoms with Crippen LogP contribution in [0.2, 0.25) is 0 Å². The van der Waals surface area contributed by atoms with Crippen LogP contribution in [0, 0.1) is 22.7 Å². The van der Waals surface area contributed by atoms with Crippen LogP contribution in [0.15, 0.2) is 30.3 Å². The van der Waals surface area contributed by atoms with Gasteiger partial charge < -0.3 is 9.72 Å². The van der Waals surface area contributed by atoms with Gasteiger partial charge in [-0.15, -0.1) is 0 Å². The molecule has 0 unspecified atom stereocenters. The molecule has 0 atom stereocenters. The molecule has 3 aromatic rings. The topological polar surface area (TPSA) is 111 Å². The van der Waals surface area contributed by atoms with Gasteiger partial charge in [0.25, 0.3) is 0 Å². The third-order valence-electron chi connectivity index (χ3n) is 4.27. The number of alkyl halides is 3. The summed E-state index contributed by atoms with van der Waals surface area (Å²) in [4.78, 5) is 14.3. The van der Waals surface area contributed by atoms with E-state index in [9.17, 15) is 13.2 Å². The van der Waals surface area contributed by atoms with Crippen LogP contribution in [-0.4, -0.2) is 19.9 Å². The Kier molecular flexibility index (Phi) is 4.40. The van der Waals surface area contributed by atoms with Crippen LogP contribution in [0.1, 0.15) is 41.5 Å². The summed E-state index contributed by atoms with van der Waals surface area (Å²) < 4.78 is 44.7. The molecule has 1 N–H and O–H groups in total. The molecule has 144 valence electrons. The van der Waals surface area contributed by atoms with Gasteiger partial charge >= 0.3 is 12.2 Å².